The summed E-state index contributed by atoms with van der Waals surface area (Å²) in [6.45, 7) is 3.91. The Kier molecular flexibility index (Phi) is 4.27. The van der Waals surface area contributed by atoms with E-state index in [1.165, 1.54) is 18.3 Å². The summed E-state index contributed by atoms with van der Waals surface area (Å²) in [7, 11) is -3.48. The molecule has 2 rings (SSSR count). The first kappa shape index (κ1) is 15.4. The summed E-state index contributed by atoms with van der Waals surface area (Å²) in [5, 5.41) is 3.68. The molecule has 5 nitrogen and oxygen atoms in total. The summed E-state index contributed by atoms with van der Waals surface area (Å²) in [5.41, 5.74) is 0.466. The van der Waals surface area contributed by atoms with E-state index in [0.717, 1.165) is 12.7 Å². The van der Waals surface area contributed by atoms with Crippen LogP contribution in [0, 0.1) is 0 Å². The van der Waals surface area contributed by atoms with Gasteiger partial charge in [0.15, 0.2) is 21.4 Å². The van der Waals surface area contributed by atoms with Crippen molar-refractivity contribution in [2.45, 2.75) is 31.1 Å². The maximum atomic E-state index is 12.7. The van der Waals surface area contributed by atoms with Gasteiger partial charge in [0, 0.05) is 17.7 Å². The Morgan fingerprint density at radius 1 is 1.29 bits per heavy atom. The average Bonchev–Trinajstić information content (AvgIpc) is 2.94. The second-order valence-corrected chi connectivity index (χ2v) is 6.99. The molecule has 6 heteroatoms. The maximum absolute atomic E-state index is 12.7. The lowest BCUT2D eigenvalue weighted by molar-refractivity contribution is 0.103. The molecule has 1 unspecified atom stereocenters. The minimum absolute atomic E-state index is 0.0197. The molecular weight excluding hydrogens is 290 g/mol. The van der Waals surface area contributed by atoms with Crippen molar-refractivity contribution in [3.8, 4) is 0 Å². The number of rotatable bonds is 5. The zero-order valence-corrected chi connectivity index (χ0v) is 13.0. The van der Waals surface area contributed by atoms with Gasteiger partial charge in [0.1, 0.15) is 0 Å². The summed E-state index contributed by atoms with van der Waals surface area (Å²) in [6, 6.07) is 6.17. The van der Waals surface area contributed by atoms with Crippen LogP contribution >= 0.6 is 0 Å². The third kappa shape index (κ3) is 3.05. The van der Waals surface area contributed by atoms with Gasteiger partial charge in [-0.25, -0.2) is 8.42 Å². The van der Waals surface area contributed by atoms with Crippen LogP contribution in [0.4, 0.5) is 0 Å². The number of sulfone groups is 1. The molecule has 0 N–H and O–H groups in total. The Bertz CT molecular complexity index is 761. The Labute approximate surface area is 123 Å². The molecule has 0 amide bonds. The van der Waals surface area contributed by atoms with E-state index in [0.29, 0.717) is 11.3 Å². The first-order chi connectivity index (χ1) is 9.86. The Balaban J connectivity index is 2.55. The zero-order chi connectivity index (χ0) is 15.6. The fourth-order valence-corrected chi connectivity index (χ4v) is 2.97. The van der Waals surface area contributed by atoms with E-state index in [4.69, 9.17) is 4.52 Å². The third-order valence-corrected chi connectivity index (χ3v) is 4.59. The molecule has 1 aromatic carbocycles. The number of carbonyl (C=O) groups excluding carboxylic acids is 1. The van der Waals surface area contributed by atoms with E-state index >= 15 is 0 Å². The highest BCUT2D eigenvalue weighted by atomic mass is 32.2. The molecule has 0 aliphatic carbocycles. The standard InChI is InChI=1S/C15H17NO4S/c1-4-10(2)15-12(9-16-20-15)14(17)11-7-5-6-8-13(11)21(3,18)19/h5-10H,4H2,1-3H3. The van der Waals surface area contributed by atoms with Crippen molar-refractivity contribution in [1.82, 2.24) is 5.16 Å². The molecule has 21 heavy (non-hydrogen) atoms. The first-order valence-corrected chi connectivity index (χ1v) is 8.53. The summed E-state index contributed by atoms with van der Waals surface area (Å²) in [6.07, 6.45) is 3.23. The highest BCUT2D eigenvalue weighted by molar-refractivity contribution is 7.90. The van der Waals surface area contributed by atoms with Gasteiger partial charge in [0.2, 0.25) is 0 Å². The molecule has 0 bridgehead atoms. The number of hydrogen-bond acceptors (Lipinski definition) is 5. The van der Waals surface area contributed by atoms with E-state index in [1.54, 1.807) is 12.1 Å². The SMILES string of the molecule is CCC(C)c1oncc1C(=O)c1ccccc1S(C)(=O)=O. The number of aromatic nitrogens is 1. The van der Waals surface area contributed by atoms with Gasteiger partial charge >= 0.3 is 0 Å². The molecule has 0 fully saturated rings. The van der Waals surface area contributed by atoms with Crippen molar-refractivity contribution in [2.24, 2.45) is 0 Å². The number of benzene rings is 1. The summed E-state index contributed by atoms with van der Waals surface area (Å²) in [5.74, 6) is 0.148. The first-order valence-electron chi connectivity index (χ1n) is 6.64. The highest BCUT2D eigenvalue weighted by Gasteiger charge is 2.25. The molecule has 0 saturated carbocycles. The van der Waals surface area contributed by atoms with Crippen molar-refractivity contribution < 1.29 is 17.7 Å². The average molecular weight is 307 g/mol. The summed E-state index contributed by atoms with van der Waals surface area (Å²) < 4.78 is 28.8. The van der Waals surface area contributed by atoms with Gasteiger partial charge in [-0.05, 0) is 18.6 Å². The van der Waals surface area contributed by atoms with Crippen molar-refractivity contribution in [2.75, 3.05) is 6.26 Å². The second-order valence-electron chi connectivity index (χ2n) is 5.01. The van der Waals surface area contributed by atoms with Crippen LogP contribution in [-0.4, -0.2) is 25.6 Å². The van der Waals surface area contributed by atoms with E-state index in [-0.39, 0.29) is 22.2 Å². The minimum atomic E-state index is -3.48. The van der Waals surface area contributed by atoms with Gasteiger partial charge in [0.05, 0.1) is 16.7 Å². The molecule has 1 atom stereocenters. The van der Waals surface area contributed by atoms with E-state index in [2.05, 4.69) is 5.16 Å². The molecule has 0 saturated heterocycles. The normalized spacial score (nSPS) is 13.1. The molecule has 112 valence electrons. The molecule has 0 aliphatic heterocycles. The molecule has 0 aliphatic rings. The highest BCUT2D eigenvalue weighted by Crippen LogP contribution is 2.26. The number of carbonyl (C=O) groups is 1. The largest absolute Gasteiger partial charge is 0.360 e. The molecule has 1 aromatic heterocycles. The van der Waals surface area contributed by atoms with Crippen LogP contribution in [-0.2, 0) is 9.84 Å². The molecule has 0 spiro atoms. The third-order valence-electron chi connectivity index (χ3n) is 3.43. The fraction of sp³-hybridized carbons (Fsp3) is 0.333. The van der Waals surface area contributed by atoms with Crippen molar-refractivity contribution in [3.05, 3.63) is 47.3 Å². The molecular formula is C15H17NO4S. The van der Waals surface area contributed by atoms with Gasteiger partial charge in [-0.2, -0.15) is 0 Å². The van der Waals surface area contributed by atoms with Crippen molar-refractivity contribution >= 4 is 15.6 Å². The number of nitrogens with zero attached hydrogens (tertiary/aromatic N) is 1. The Morgan fingerprint density at radius 2 is 1.95 bits per heavy atom. The van der Waals surface area contributed by atoms with E-state index < -0.39 is 9.84 Å². The smallest absolute Gasteiger partial charge is 0.199 e. The Morgan fingerprint density at radius 3 is 2.57 bits per heavy atom. The lowest BCUT2D eigenvalue weighted by Gasteiger charge is -2.09. The lowest BCUT2D eigenvalue weighted by atomic mass is 9.97. The van der Waals surface area contributed by atoms with Gasteiger partial charge in [-0.15, -0.1) is 0 Å². The lowest BCUT2D eigenvalue weighted by Crippen LogP contribution is -2.10. The van der Waals surface area contributed by atoms with E-state index in [9.17, 15) is 13.2 Å². The van der Waals surface area contributed by atoms with E-state index in [1.807, 2.05) is 13.8 Å². The van der Waals surface area contributed by atoms with Crippen LogP contribution in [0.5, 0.6) is 0 Å². The fourth-order valence-electron chi connectivity index (χ4n) is 2.08. The van der Waals surface area contributed by atoms with Gasteiger partial charge in [0.25, 0.3) is 0 Å². The predicted molar refractivity (Wildman–Crippen MR) is 78.2 cm³/mol. The van der Waals surface area contributed by atoms with Gasteiger partial charge in [-0.3, -0.25) is 4.79 Å². The van der Waals surface area contributed by atoms with Crippen molar-refractivity contribution in [1.29, 1.82) is 0 Å². The van der Waals surface area contributed by atoms with Crippen LogP contribution in [0.25, 0.3) is 0 Å². The zero-order valence-electron chi connectivity index (χ0n) is 12.2. The van der Waals surface area contributed by atoms with Crippen molar-refractivity contribution in [3.63, 3.8) is 0 Å². The monoisotopic (exact) mass is 307 g/mol. The predicted octanol–water partition coefficient (Wildman–Crippen LogP) is 2.82. The molecule has 1 heterocycles. The molecule has 2 aromatic rings. The summed E-state index contributed by atoms with van der Waals surface area (Å²) in [4.78, 5) is 12.7. The number of hydrogen-bond donors (Lipinski definition) is 0. The minimum Gasteiger partial charge on any atom is -0.360 e. The van der Waals surface area contributed by atoms with Gasteiger partial charge < -0.3 is 4.52 Å². The van der Waals surface area contributed by atoms with Crippen LogP contribution in [0.1, 0.15) is 47.9 Å². The van der Waals surface area contributed by atoms with Gasteiger partial charge in [-0.1, -0.05) is 31.1 Å². The number of ketones is 1. The Hall–Kier alpha value is -1.95. The molecule has 0 radical (unpaired) electrons. The topological polar surface area (TPSA) is 77.2 Å². The maximum Gasteiger partial charge on any atom is 0.199 e. The van der Waals surface area contributed by atoms with Crippen LogP contribution in [0.2, 0.25) is 0 Å². The second kappa shape index (κ2) is 5.81. The van der Waals surface area contributed by atoms with Crippen LogP contribution in [0.3, 0.4) is 0 Å². The quantitative estimate of drug-likeness (QED) is 0.794. The van der Waals surface area contributed by atoms with Crippen LogP contribution in [0.15, 0.2) is 39.9 Å². The van der Waals surface area contributed by atoms with Crippen LogP contribution < -0.4 is 0 Å². The summed E-state index contributed by atoms with van der Waals surface area (Å²) >= 11 is 0.